The van der Waals surface area contributed by atoms with Crippen LogP contribution in [-0.2, 0) is 19.1 Å². The molecule has 144 valence electrons. The van der Waals surface area contributed by atoms with E-state index in [1.807, 2.05) is 80.6 Å². The standard InChI is InChI=1S/C19H26INO5/c1-18(2)12-14(19(3,4)21(18)24)16(22)25-10-11-26-17(23)15(20)13-8-6-5-7-9-13/h5-9,14-15,24H,10-12H2,1-4H3. The monoisotopic (exact) mass is 475 g/mol. The number of alkyl halides is 1. The van der Waals surface area contributed by atoms with Crippen molar-refractivity contribution in [1.29, 1.82) is 0 Å². The highest BCUT2D eigenvalue weighted by molar-refractivity contribution is 14.1. The van der Waals surface area contributed by atoms with E-state index in [4.69, 9.17) is 9.47 Å². The van der Waals surface area contributed by atoms with Crippen LogP contribution in [0.4, 0.5) is 0 Å². The molecule has 2 atom stereocenters. The molecule has 0 amide bonds. The van der Waals surface area contributed by atoms with Crippen molar-refractivity contribution in [2.75, 3.05) is 13.2 Å². The summed E-state index contributed by atoms with van der Waals surface area (Å²) in [6.45, 7) is 7.40. The van der Waals surface area contributed by atoms with Gasteiger partial charge in [0.05, 0.1) is 11.5 Å². The zero-order valence-corrected chi connectivity index (χ0v) is 17.7. The van der Waals surface area contributed by atoms with Gasteiger partial charge in [-0.2, -0.15) is 5.06 Å². The third kappa shape index (κ3) is 4.55. The summed E-state index contributed by atoms with van der Waals surface area (Å²) in [6.07, 6.45) is 0.499. The largest absolute Gasteiger partial charge is 0.462 e. The number of hydrogen-bond donors (Lipinski definition) is 1. The third-order valence-corrected chi connectivity index (χ3v) is 6.06. The number of hydrogen-bond acceptors (Lipinski definition) is 6. The molecule has 0 radical (unpaired) electrons. The van der Waals surface area contributed by atoms with Gasteiger partial charge in [0.2, 0.25) is 0 Å². The Hall–Kier alpha value is -1.19. The Morgan fingerprint density at radius 2 is 1.77 bits per heavy atom. The van der Waals surface area contributed by atoms with Crippen molar-refractivity contribution in [1.82, 2.24) is 5.06 Å². The molecule has 0 saturated carbocycles. The lowest BCUT2D eigenvalue weighted by Gasteiger charge is -2.35. The summed E-state index contributed by atoms with van der Waals surface area (Å²) < 4.78 is 10.1. The zero-order valence-electron chi connectivity index (χ0n) is 15.6. The lowest BCUT2D eigenvalue weighted by atomic mass is 9.87. The van der Waals surface area contributed by atoms with Gasteiger partial charge < -0.3 is 14.7 Å². The van der Waals surface area contributed by atoms with Crippen molar-refractivity contribution in [2.24, 2.45) is 5.92 Å². The summed E-state index contributed by atoms with van der Waals surface area (Å²) in [4.78, 5) is 24.5. The molecule has 0 bridgehead atoms. The normalized spacial score (nSPS) is 22.6. The fourth-order valence-electron chi connectivity index (χ4n) is 3.35. The summed E-state index contributed by atoms with van der Waals surface area (Å²) >= 11 is 2.02. The number of esters is 2. The molecule has 0 spiro atoms. The van der Waals surface area contributed by atoms with Crippen molar-refractivity contribution in [2.45, 2.75) is 49.1 Å². The second-order valence-corrected chi connectivity index (χ2v) is 8.89. The summed E-state index contributed by atoms with van der Waals surface area (Å²) in [5, 5.41) is 11.5. The van der Waals surface area contributed by atoms with E-state index in [0.717, 1.165) is 5.56 Å². The maximum absolute atomic E-state index is 12.4. The van der Waals surface area contributed by atoms with Crippen molar-refractivity contribution in [3.8, 4) is 0 Å². The molecule has 1 saturated heterocycles. The molecular formula is C19H26INO5. The van der Waals surface area contributed by atoms with Crippen LogP contribution in [0.3, 0.4) is 0 Å². The van der Waals surface area contributed by atoms with E-state index < -0.39 is 20.9 Å². The maximum Gasteiger partial charge on any atom is 0.323 e. The Morgan fingerprint density at radius 3 is 2.31 bits per heavy atom. The molecular weight excluding hydrogens is 449 g/mol. The van der Waals surface area contributed by atoms with E-state index in [-0.39, 0.29) is 25.2 Å². The first-order chi connectivity index (χ1) is 12.1. The Bertz CT molecular complexity index is 647. The van der Waals surface area contributed by atoms with E-state index in [1.54, 1.807) is 0 Å². The molecule has 0 aromatic heterocycles. The number of nitrogens with zero attached hydrogens (tertiary/aromatic N) is 1. The summed E-state index contributed by atoms with van der Waals surface area (Å²) in [7, 11) is 0. The van der Waals surface area contributed by atoms with Gasteiger partial charge in [-0.3, -0.25) is 9.59 Å². The highest BCUT2D eigenvalue weighted by Gasteiger charge is 2.54. The Balaban J connectivity index is 1.79. The van der Waals surface area contributed by atoms with Gasteiger partial charge in [-0.15, -0.1) is 0 Å². The number of rotatable bonds is 6. The maximum atomic E-state index is 12.4. The molecule has 7 heteroatoms. The third-order valence-electron chi connectivity index (χ3n) is 4.83. The smallest absolute Gasteiger partial charge is 0.323 e. The topological polar surface area (TPSA) is 76.1 Å². The van der Waals surface area contributed by atoms with Crippen LogP contribution in [-0.4, -0.2) is 46.5 Å². The van der Waals surface area contributed by atoms with Crippen molar-refractivity contribution >= 4 is 34.5 Å². The van der Waals surface area contributed by atoms with Gasteiger partial charge in [0.15, 0.2) is 0 Å². The lowest BCUT2D eigenvalue weighted by molar-refractivity contribution is -0.200. The minimum atomic E-state index is -0.710. The van der Waals surface area contributed by atoms with Crippen LogP contribution in [0.2, 0.25) is 0 Å². The zero-order chi connectivity index (χ0) is 19.5. The van der Waals surface area contributed by atoms with E-state index >= 15 is 0 Å². The molecule has 26 heavy (non-hydrogen) atoms. The summed E-state index contributed by atoms with van der Waals surface area (Å²) in [5.74, 6) is -1.19. The molecule has 2 unspecified atom stereocenters. The van der Waals surface area contributed by atoms with E-state index in [0.29, 0.717) is 6.42 Å². The van der Waals surface area contributed by atoms with Crippen LogP contribution in [0.15, 0.2) is 30.3 Å². The average Bonchev–Trinajstić information content (AvgIpc) is 2.78. The number of ether oxygens (including phenoxy) is 2. The average molecular weight is 475 g/mol. The van der Waals surface area contributed by atoms with Gasteiger partial charge >= 0.3 is 11.9 Å². The number of halogens is 1. The van der Waals surface area contributed by atoms with Crippen LogP contribution in [0.5, 0.6) is 0 Å². The molecule has 1 aromatic rings. The number of carbonyl (C=O) groups excluding carboxylic acids is 2. The van der Waals surface area contributed by atoms with E-state index in [1.165, 1.54) is 5.06 Å². The first kappa shape index (κ1) is 21.1. The van der Waals surface area contributed by atoms with Crippen molar-refractivity contribution in [3.63, 3.8) is 0 Å². The molecule has 2 rings (SSSR count). The fraction of sp³-hybridized carbons (Fsp3) is 0.579. The number of hydroxylamine groups is 2. The Labute approximate surface area is 167 Å². The Kier molecular flexibility index (Phi) is 6.68. The Morgan fingerprint density at radius 1 is 1.19 bits per heavy atom. The van der Waals surface area contributed by atoms with Crippen LogP contribution in [0, 0.1) is 5.92 Å². The first-order valence-electron chi connectivity index (χ1n) is 8.59. The lowest BCUT2D eigenvalue weighted by Crippen LogP contribution is -2.48. The van der Waals surface area contributed by atoms with Crippen LogP contribution < -0.4 is 0 Å². The van der Waals surface area contributed by atoms with Crippen molar-refractivity contribution < 1.29 is 24.3 Å². The number of benzene rings is 1. The van der Waals surface area contributed by atoms with Gasteiger partial charge in [-0.1, -0.05) is 52.9 Å². The summed E-state index contributed by atoms with van der Waals surface area (Å²) in [5.41, 5.74) is -0.338. The minimum Gasteiger partial charge on any atom is -0.462 e. The van der Waals surface area contributed by atoms with Crippen LogP contribution >= 0.6 is 22.6 Å². The van der Waals surface area contributed by atoms with Crippen LogP contribution in [0.1, 0.15) is 43.6 Å². The second kappa shape index (κ2) is 8.22. The van der Waals surface area contributed by atoms with Gasteiger partial charge in [-0.25, -0.2) is 0 Å². The SMILES string of the molecule is CC1(C)CC(C(=O)OCCOC(=O)C(I)c2ccccc2)C(C)(C)N1O. The van der Waals surface area contributed by atoms with Gasteiger partial charge in [-0.05, 0) is 39.7 Å². The van der Waals surface area contributed by atoms with Gasteiger partial charge in [0.1, 0.15) is 17.1 Å². The predicted octanol–water partition coefficient (Wildman–Crippen LogP) is 3.52. The van der Waals surface area contributed by atoms with Crippen LogP contribution in [0.25, 0.3) is 0 Å². The molecule has 1 N–H and O–H groups in total. The van der Waals surface area contributed by atoms with Gasteiger partial charge in [0.25, 0.3) is 0 Å². The van der Waals surface area contributed by atoms with E-state index in [2.05, 4.69) is 0 Å². The van der Waals surface area contributed by atoms with Crippen molar-refractivity contribution in [3.05, 3.63) is 35.9 Å². The first-order valence-corrected chi connectivity index (χ1v) is 9.83. The highest BCUT2D eigenvalue weighted by Crippen LogP contribution is 2.43. The molecule has 1 aliphatic rings. The molecule has 0 aliphatic carbocycles. The molecule has 1 fully saturated rings. The highest BCUT2D eigenvalue weighted by atomic mass is 127. The second-order valence-electron chi connectivity index (χ2n) is 7.64. The fourth-order valence-corrected chi connectivity index (χ4v) is 3.95. The van der Waals surface area contributed by atoms with E-state index in [9.17, 15) is 14.8 Å². The quantitative estimate of drug-likeness (QED) is 0.294. The molecule has 1 heterocycles. The molecule has 1 aromatic carbocycles. The molecule has 6 nitrogen and oxygen atoms in total. The number of carbonyl (C=O) groups is 2. The minimum absolute atomic E-state index is 0.00115. The predicted molar refractivity (Wildman–Crippen MR) is 105 cm³/mol. The summed E-state index contributed by atoms with van der Waals surface area (Å²) in [6, 6.07) is 9.35. The van der Waals surface area contributed by atoms with Gasteiger partial charge in [0, 0.05) is 5.54 Å². The molecule has 1 aliphatic heterocycles.